The zero-order valence-electron chi connectivity index (χ0n) is 10.7. The molecule has 0 radical (unpaired) electrons. The van der Waals surface area contributed by atoms with Gasteiger partial charge in [-0.1, -0.05) is 13.8 Å². The van der Waals surface area contributed by atoms with E-state index in [1.165, 1.54) is 0 Å². The highest BCUT2D eigenvalue weighted by atomic mass is 16.7. The molecule has 0 spiro atoms. The first-order chi connectivity index (χ1) is 8.52. The second-order valence-corrected chi connectivity index (χ2v) is 5.26. The number of ether oxygens (including phenoxy) is 2. The van der Waals surface area contributed by atoms with Gasteiger partial charge < -0.3 is 25.0 Å². The quantitative estimate of drug-likeness (QED) is 0.736. The van der Waals surface area contributed by atoms with Gasteiger partial charge in [-0.3, -0.25) is 0 Å². The number of hydrogen-bond acceptors (Lipinski definition) is 5. The largest absolute Gasteiger partial charge is 0.507 e. The first-order valence-electron chi connectivity index (χ1n) is 5.95. The first-order valence-corrected chi connectivity index (χ1v) is 5.95. The molecule has 2 rings (SSSR count). The van der Waals surface area contributed by atoms with E-state index in [1.54, 1.807) is 12.1 Å². The summed E-state index contributed by atoms with van der Waals surface area (Å²) in [5, 5.41) is 22.2. The molecular formula is C13H19NO4. The SMILES string of the molecule is CC(C)(CO)CNCc1cc2c(cc1O)OCO2. The van der Waals surface area contributed by atoms with Gasteiger partial charge in [0, 0.05) is 36.7 Å². The molecule has 0 unspecified atom stereocenters. The van der Waals surface area contributed by atoms with Crippen LogP contribution in [0.3, 0.4) is 0 Å². The summed E-state index contributed by atoms with van der Waals surface area (Å²) in [6.45, 7) is 5.44. The Labute approximate surface area is 106 Å². The zero-order valence-corrected chi connectivity index (χ0v) is 10.7. The molecule has 0 aromatic heterocycles. The second-order valence-electron chi connectivity index (χ2n) is 5.26. The molecule has 0 aliphatic carbocycles. The molecule has 3 N–H and O–H groups in total. The Bertz CT molecular complexity index is 431. The zero-order chi connectivity index (χ0) is 13.2. The van der Waals surface area contributed by atoms with E-state index in [-0.39, 0.29) is 24.6 Å². The molecule has 1 aromatic carbocycles. The number of phenols is 1. The Hall–Kier alpha value is -1.46. The number of nitrogens with one attached hydrogen (secondary N) is 1. The van der Waals surface area contributed by atoms with Crippen LogP contribution in [0.4, 0.5) is 0 Å². The maximum atomic E-state index is 9.84. The fraction of sp³-hybridized carbons (Fsp3) is 0.538. The molecule has 0 saturated carbocycles. The van der Waals surface area contributed by atoms with E-state index in [0.29, 0.717) is 24.6 Å². The van der Waals surface area contributed by atoms with Gasteiger partial charge in [-0.25, -0.2) is 0 Å². The minimum atomic E-state index is -0.175. The van der Waals surface area contributed by atoms with Crippen LogP contribution in [0, 0.1) is 5.41 Å². The molecule has 0 amide bonds. The van der Waals surface area contributed by atoms with Crippen molar-refractivity contribution in [3.8, 4) is 17.2 Å². The Morgan fingerprint density at radius 2 is 1.94 bits per heavy atom. The van der Waals surface area contributed by atoms with E-state index in [4.69, 9.17) is 14.6 Å². The summed E-state index contributed by atoms with van der Waals surface area (Å²) >= 11 is 0. The van der Waals surface area contributed by atoms with Crippen molar-refractivity contribution in [1.29, 1.82) is 0 Å². The summed E-state index contributed by atoms with van der Waals surface area (Å²) in [5.41, 5.74) is 0.583. The molecule has 100 valence electrons. The average Bonchev–Trinajstić information content (AvgIpc) is 2.76. The number of aromatic hydroxyl groups is 1. The Morgan fingerprint density at radius 1 is 1.28 bits per heavy atom. The van der Waals surface area contributed by atoms with Crippen molar-refractivity contribution in [1.82, 2.24) is 5.32 Å². The van der Waals surface area contributed by atoms with E-state index < -0.39 is 0 Å². The molecule has 1 heterocycles. The third-order valence-corrected chi connectivity index (χ3v) is 2.92. The molecule has 0 bridgehead atoms. The van der Waals surface area contributed by atoms with Gasteiger partial charge >= 0.3 is 0 Å². The van der Waals surface area contributed by atoms with E-state index in [9.17, 15) is 5.11 Å². The topological polar surface area (TPSA) is 71.0 Å². The van der Waals surface area contributed by atoms with Crippen LogP contribution in [-0.2, 0) is 6.54 Å². The Kier molecular flexibility index (Phi) is 3.63. The highest BCUT2D eigenvalue weighted by Crippen LogP contribution is 2.37. The predicted octanol–water partition coefficient (Wildman–Crippen LogP) is 1.23. The summed E-state index contributed by atoms with van der Waals surface area (Å²) in [6, 6.07) is 3.34. The third kappa shape index (κ3) is 2.86. The third-order valence-electron chi connectivity index (χ3n) is 2.92. The number of rotatable bonds is 5. The smallest absolute Gasteiger partial charge is 0.231 e. The lowest BCUT2D eigenvalue weighted by molar-refractivity contribution is 0.156. The summed E-state index contributed by atoms with van der Waals surface area (Å²) < 4.78 is 10.4. The molecule has 1 aromatic rings. The molecule has 1 aliphatic rings. The van der Waals surface area contributed by atoms with Crippen molar-refractivity contribution in [3.63, 3.8) is 0 Å². The van der Waals surface area contributed by atoms with Crippen LogP contribution in [0.2, 0.25) is 0 Å². The lowest BCUT2D eigenvalue weighted by Crippen LogP contribution is -2.31. The average molecular weight is 253 g/mol. The van der Waals surface area contributed by atoms with Gasteiger partial charge in [0.15, 0.2) is 11.5 Å². The standard InChI is InChI=1S/C13H19NO4/c1-13(2,7-15)6-14-5-9-3-11-12(4-10(9)16)18-8-17-11/h3-4,14-16H,5-8H2,1-2H3. The van der Waals surface area contributed by atoms with E-state index in [2.05, 4.69) is 5.32 Å². The fourth-order valence-electron chi connectivity index (χ4n) is 1.71. The highest BCUT2D eigenvalue weighted by molar-refractivity contribution is 5.51. The molecule has 1 aliphatic heterocycles. The maximum Gasteiger partial charge on any atom is 0.231 e. The van der Waals surface area contributed by atoms with Crippen LogP contribution in [0.5, 0.6) is 17.2 Å². The molecule has 5 nitrogen and oxygen atoms in total. The number of aliphatic hydroxyl groups excluding tert-OH is 1. The van der Waals surface area contributed by atoms with Crippen molar-refractivity contribution in [2.45, 2.75) is 20.4 Å². The minimum Gasteiger partial charge on any atom is -0.507 e. The molecule has 5 heteroatoms. The van der Waals surface area contributed by atoms with E-state index >= 15 is 0 Å². The molecule has 0 atom stereocenters. The van der Waals surface area contributed by atoms with Crippen molar-refractivity contribution in [2.24, 2.45) is 5.41 Å². The van der Waals surface area contributed by atoms with Crippen molar-refractivity contribution in [3.05, 3.63) is 17.7 Å². The van der Waals surface area contributed by atoms with Gasteiger partial charge in [0.1, 0.15) is 5.75 Å². The molecular weight excluding hydrogens is 234 g/mol. The molecule has 18 heavy (non-hydrogen) atoms. The fourth-order valence-corrected chi connectivity index (χ4v) is 1.71. The van der Waals surface area contributed by atoms with Gasteiger partial charge in [-0.2, -0.15) is 0 Å². The van der Waals surface area contributed by atoms with Crippen LogP contribution < -0.4 is 14.8 Å². The van der Waals surface area contributed by atoms with Crippen LogP contribution in [0.25, 0.3) is 0 Å². The van der Waals surface area contributed by atoms with Crippen molar-refractivity contribution < 1.29 is 19.7 Å². The van der Waals surface area contributed by atoms with Crippen molar-refractivity contribution in [2.75, 3.05) is 19.9 Å². The van der Waals surface area contributed by atoms with Crippen molar-refractivity contribution >= 4 is 0 Å². The van der Waals surface area contributed by atoms with Gasteiger partial charge in [0.05, 0.1) is 0 Å². The van der Waals surface area contributed by atoms with Gasteiger partial charge in [-0.15, -0.1) is 0 Å². The number of phenolic OH excluding ortho intramolecular Hbond substituents is 1. The Balaban J connectivity index is 1.98. The number of benzene rings is 1. The Morgan fingerprint density at radius 3 is 2.61 bits per heavy atom. The van der Waals surface area contributed by atoms with E-state index in [0.717, 1.165) is 5.56 Å². The monoisotopic (exact) mass is 253 g/mol. The summed E-state index contributed by atoms with van der Waals surface area (Å²) in [6.07, 6.45) is 0. The highest BCUT2D eigenvalue weighted by Gasteiger charge is 2.18. The lowest BCUT2D eigenvalue weighted by atomic mass is 9.95. The second kappa shape index (κ2) is 5.04. The van der Waals surface area contributed by atoms with Crippen LogP contribution in [0.1, 0.15) is 19.4 Å². The van der Waals surface area contributed by atoms with Gasteiger partial charge in [0.25, 0.3) is 0 Å². The summed E-state index contributed by atoms with van der Waals surface area (Å²) in [7, 11) is 0. The minimum absolute atomic E-state index is 0.118. The normalized spacial score (nSPS) is 13.9. The number of hydrogen-bond donors (Lipinski definition) is 3. The molecule has 0 saturated heterocycles. The number of aliphatic hydroxyl groups is 1. The van der Waals surface area contributed by atoms with Crippen LogP contribution >= 0.6 is 0 Å². The van der Waals surface area contributed by atoms with E-state index in [1.807, 2.05) is 13.8 Å². The van der Waals surface area contributed by atoms with Gasteiger partial charge in [0.2, 0.25) is 6.79 Å². The first kappa shape index (κ1) is 13.0. The van der Waals surface area contributed by atoms with Gasteiger partial charge in [-0.05, 0) is 6.07 Å². The predicted molar refractivity (Wildman–Crippen MR) is 66.8 cm³/mol. The summed E-state index contributed by atoms with van der Waals surface area (Å²) in [4.78, 5) is 0. The maximum absolute atomic E-state index is 9.84. The summed E-state index contributed by atoms with van der Waals surface area (Å²) in [5.74, 6) is 1.42. The number of fused-ring (bicyclic) bond motifs is 1. The molecule has 0 fully saturated rings. The lowest BCUT2D eigenvalue weighted by Gasteiger charge is -2.22. The van der Waals surface area contributed by atoms with Crippen LogP contribution in [0.15, 0.2) is 12.1 Å². The van der Waals surface area contributed by atoms with Crippen LogP contribution in [-0.4, -0.2) is 30.2 Å².